The van der Waals surface area contributed by atoms with E-state index in [-0.39, 0.29) is 11.8 Å². The van der Waals surface area contributed by atoms with Crippen LogP contribution in [0.2, 0.25) is 0 Å². The molecule has 0 bridgehead atoms. The van der Waals surface area contributed by atoms with Crippen LogP contribution in [0.5, 0.6) is 0 Å². The topological polar surface area (TPSA) is 58.2 Å². The highest BCUT2D eigenvalue weighted by molar-refractivity contribution is 6.17. The zero-order valence-electron chi connectivity index (χ0n) is 15.2. The molecule has 0 unspecified atom stereocenters. The van der Waals surface area contributed by atoms with Crippen LogP contribution in [-0.4, -0.2) is 11.8 Å². The first kappa shape index (κ1) is 17.2. The summed E-state index contributed by atoms with van der Waals surface area (Å²) < 4.78 is 0. The lowest BCUT2D eigenvalue weighted by Crippen LogP contribution is -2.36. The van der Waals surface area contributed by atoms with Crippen molar-refractivity contribution in [1.82, 2.24) is 0 Å². The van der Waals surface area contributed by atoms with E-state index in [0.717, 1.165) is 33.6 Å². The fraction of sp³-hybridized carbons (Fsp3) is 0.333. The number of carbonyl (C=O) groups is 2. The Morgan fingerprint density at radius 3 is 1.92 bits per heavy atom. The van der Waals surface area contributed by atoms with Crippen molar-refractivity contribution in [3.63, 3.8) is 0 Å². The minimum absolute atomic E-state index is 0.215. The van der Waals surface area contributed by atoms with Crippen LogP contribution in [0.1, 0.15) is 35.1 Å². The summed E-state index contributed by atoms with van der Waals surface area (Å²) in [5.41, 5.74) is 4.77. The molecule has 2 amide bonds. The first-order valence-electron chi connectivity index (χ1n) is 8.60. The van der Waals surface area contributed by atoms with E-state index < -0.39 is 5.41 Å². The van der Waals surface area contributed by atoms with Crippen LogP contribution in [0, 0.1) is 33.1 Å². The average Bonchev–Trinajstić information content (AvgIpc) is 3.37. The quantitative estimate of drug-likeness (QED) is 0.819. The van der Waals surface area contributed by atoms with E-state index in [9.17, 15) is 9.59 Å². The summed E-state index contributed by atoms with van der Waals surface area (Å²) in [5.74, 6) is -0.433. The zero-order chi connectivity index (χ0) is 18.2. The number of amides is 2. The third kappa shape index (κ3) is 3.16. The summed E-state index contributed by atoms with van der Waals surface area (Å²) in [4.78, 5) is 25.6. The summed E-state index contributed by atoms with van der Waals surface area (Å²) in [7, 11) is 0. The maximum atomic E-state index is 12.8. The molecule has 4 nitrogen and oxygen atoms in total. The molecule has 2 N–H and O–H groups in total. The fourth-order valence-corrected chi connectivity index (χ4v) is 3.06. The molecule has 2 aromatic rings. The molecule has 0 spiro atoms. The van der Waals surface area contributed by atoms with Gasteiger partial charge in [-0.2, -0.15) is 0 Å². The number of aryl methyl sites for hydroxylation is 3. The maximum Gasteiger partial charge on any atom is 0.240 e. The second-order valence-corrected chi connectivity index (χ2v) is 7.00. The van der Waals surface area contributed by atoms with Gasteiger partial charge in [-0.3, -0.25) is 9.59 Å². The lowest BCUT2D eigenvalue weighted by atomic mass is 10.0. The molecule has 1 saturated carbocycles. The van der Waals surface area contributed by atoms with Gasteiger partial charge in [0.05, 0.1) is 0 Å². The number of hydrogen-bond donors (Lipinski definition) is 2. The van der Waals surface area contributed by atoms with E-state index in [1.807, 2.05) is 64.1 Å². The highest BCUT2D eigenvalue weighted by atomic mass is 16.2. The third-order valence-corrected chi connectivity index (χ3v) is 5.19. The van der Waals surface area contributed by atoms with Gasteiger partial charge in [-0.25, -0.2) is 0 Å². The average molecular weight is 336 g/mol. The van der Waals surface area contributed by atoms with E-state index in [1.165, 1.54) is 0 Å². The molecule has 0 atom stereocenters. The largest absolute Gasteiger partial charge is 0.325 e. The van der Waals surface area contributed by atoms with Crippen molar-refractivity contribution in [2.24, 2.45) is 5.41 Å². The van der Waals surface area contributed by atoms with Crippen LogP contribution < -0.4 is 10.6 Å². The molecule has 1 aliphatic rings. The van der Waals surface area contributed by atoms with Crippen LogP contribution in [0.25, 0.3) is 0 Å². The van der Waals surface area contributed by atoms with Crippen molar-refractivity contribution < 1.29 is 9.59 Å². The standard InChI is InChI=1S/C21H24N2O2/c1-13-7-6-10-17(16(13)4)22-19(24)21(11-12-21)20(25)23-18-14(2)8-5-9-15(18)3/h5-10H,11-12H2,1-4H3,(H,22,24)(H,23,25). The van der Waals surface area contributed by atoms with Crippen molar-refractivity contribution in [2.75, 3.05) is 10.6 Å². The van der Waals surface area contributed by atoms with Crippen molar-refractivity contribution in [2.45, 2.75) is 40.5 Å². The molecular weight excluding hydrogens is 312 g/mol. The van der Waals surface area contributed by atoms with E-state index in [2.05, 4.69) is 10.6 Å². The Morgan fingerprint density at radius 2 is 1.32 bits per heavy atom. The number of para-hydroxylation sites is 1. The lowest BCUT2D eigenvalue weighted by Gasteiger charge is -2.19. The molecule has 1 aliphatic carbocycles. The molecular formula is C21H24N2O2. The minimum Gasteiger partial charge on any atom is -0.325 e. The Balaban J connectivity index is 1.78. The van der Waals surface area contributed by atoms with Crippen LogP contribution in [-0.2, 0) is 9.59 Å². The number of rotatable bonds is 4. The molecule has 0 heterocycles. The molecule has 4 heteroatoms. The molecule has 3 rings (SSSR count). The van der Waals surface area contributed by atoms with Crippen molar-refractivity contribution in [1.29, 1.82) is 0 Å². The van der Waals surface area contributed by atoms with Gasteiger partial charge in [-0.1, -0.05) is 30.3 Å². The summed E-state index contributed by atoms with van der Waals surface area (Å²) in [6.07, 6.45) is 1.17. The van der Waals surface area contributed by atoms with E-state index >= 15 is 0 Å². The van der Waals surface area contributed by atoms with Crippen molar-refractivity contribution in [3.8, 4) is 0 Å². The number of benzene rings is 2. The van der Waals surface area contributed by atoms with Crippen LogP contribution in [0.4, 0.5) is 11.4 Å². The van der Waals surface area contributed by atoms with Crippen molar-refractivity contribution in [3.05, 3.63) is 58.7 Å². The molecule has 1 fully saturated rings. The molecule has 0 saturated heterocycles. The van der Waals surface area contributed by atoms with Gasteiger partial charge in [0, 0.05) is 11.4 Å². The first-order valence-corrected chi connectivity index (χ1v) is 8.60. The molecule has 2 aromatic carbocycles. The highest BCUT2D eigenvalue weighted by Crippen LogP contribution is 2.48. The Bertz CT molecular complexity index is 831. The second-order valence-electron chi connectivity index (χ2n) is 7.00. The molecule has 130 valence electrons. The SMILES string of the molecule is Cc1cccc(NC(=O)C2(C(=O)Nc3c(C)cccc3C)CC2)c1C. The smallest absolute Gasteiger partial charge is 0.240 e. The second kappa shape index (κ2) is 6.36. The predicted octanol–water partition coefficient (Wildman–Crippen LogP) is 4.28. The predicted molar refractivity (Wildman–Crippen MR) is 101 cm³/mol. The number of hydrogen-bond acceptors (Lipinski definition) is 2. The minimum atomic E-state index is -0.953. The molecule has 0 radical (unpaired) electrons. The third-order valence-electron chi connectivity index (χ3n) is 5.19. The first-order chi connectivity index (χ1) is 11.8. The maximum absolute atomic E-state index is 12.8. The van der Waals surface area contributed by atoms with Crippen LogP contribution >= 0.6 is 0 Å². The number of carbonyl (C=O) groups excluding carboxylic acids is 2. The Labute approximate surface area is 148 Å². The van der Waals surface area contributed by atoms with Crippen LogP contribution in [0.15, 0.2) is 36.4 Å². The Hall–Kier alpha value is -2.62. The monoisotopic (exact) mass is 336 g/mol. The van der Waals surface area contributed by atoms with Gasteiger partial charge >= 0.3 is 0 Å². The summed E-state index contributed by atoms with van der Waals surface area (Å²) in [6.45, 7) is 7.89. The summed E-state index contributed by atoms with van der Waals surface area (Å²) in [6, 6.07) is 11.7. The number of nitrogens with one attached hydrogen (secondary N) is 2. The lowest BCUT2D eigenvalue weighted by molar-refractivity contribution is -0.131. The summed E-state index contributed by atoms with van der Waals surface area (Å²) >= 11 is 0. The summed E-state index contributed by atoms with van der Waals surface area (Å²) in [5, 5.41) is 5.92. The van der Waals surface area contributed by atoms with Gasteiger partial charge in [-0.15, -0.1) is 0 Å². The van der Waals surface area contributed by atoms with Gasteiger partial charge in [0.25, 0.3) is 0 Å². The molecule has 0 aliphatic heterocycles. The van der Waals surface area contributed by atoms with Gasteiger partial charge in [0.1, 0.15) is 5.41 Å². The normalized spacial score (nSPS) is 14.7. The van der Waals surface area contributed by atoms with E-state index in [4.69, 9.17) is 0 Å². The Kier molecular flexibility index (Phi) is 4.38. The molecule has 0 aromatic heterocycles. The van der Waals surface area contributed by atoms with E-state index in [1.54, 1.807) is 0 Å². The Morgan fingerprint density at radius 1 is 0.800 bits per heavy atom. The fourth-order valence-electron chi connectivity index (χ4n) is 3.06. The highest BCUT2D eigenvalue weighted by Gasteiger charge is 2.56. The number of anilines is 2. The zero-order valence-corrected chi connectivity index (χ0v) is 15.2. The van der Waals surface area contributed by atoms with Gasteiger partial charge < -0.3 is 10.6 Å². The van der Waals surface area contributed by atoms with Gasteiger partial charge in [-0.05, 0) is 68.9 Å². The van der Waals surface area contributed by atoms with Gasteiger partial charge in [0.15, 0.2) is 0 Å². The van der Waals surface area contributed by atoms with Gasteiger partial charge in [0.2, 0.25) is 11.8 Å². The van der Waals surface area contributed by atoms with E-state index in [0.29, 0.717) is 12.8 Å². The molecule has 25 heavy (non-hydrogen) atoms. The van der Waals surface area contributed by atoms with Crippen molar-refractivity contribution >= 4 is 23.2 Å². The van der Waals surface area contributed by atoms with Crippen LogP contribution in [0.3, 0.4) is 0 Å².